The van der Waals surface area contributed by atoms with Crippen molar-refractivity contribution < 1.29 is 21.8 Å². The van der Waals surface area contributed by atoms with Gasteiger partial charge in [0.05, 0.1) is 6.61 Å². The number of halogens is 1. The Bertz CT molecular complexity index is 612. The van der Waals surface area contributed by atoms with E-state index in [1.807, 2.05) is 42.5 Å². The minimum absolute atomic E-state index is 0. The van der Waals surface area contributed by atoms with Crippen molar-refractivity contribution in [3.63, 3.8) is 0 Å². The fourth-order valence-corrected chi connectivity index (χ4v) is 2.92. The summed E-state index contributed by atoms with van der Waals surface area (Å²) in [7, 11) is 0. The van der Waals surface area contributed by atoms with Crippen molar-refractivity contribution in [3.8, 4) is 5.75 Å². The van der Waals surface area contributed by atoms with Crippen LogP contribution in [-0.4, -0.2) is 6.61 Å². The van der Waals surface area contributed by atoms with Gasteiger partial charge in [0, 0.05) is 5.33 Å². The van der Waals surface area contributed by atoms with Crippen molar-refractivity contribution in [2.24, 2.45) is 0 Å². The number of ether oxygens (including phenoxy) is 1. The van der Waals surface area contributed by atoms with Crippen LogP contribution in [0.5, 0.6) is 5.75 Å². The van der Waals surface area contributed by atoms with Gasteiger partial charge in [0.1, 0.15) is 5.75 Å². The Morgan fingerprint density at radius 3 is 2.08 bits per heavy atom. The van der Waals surface area contributed by atoms with Crippen LogP contribution < -0.4 is 4.74 Å². The third-order valence-corrected chi connectivity index (χ3v) is 4.64. The van der Waals surface area contributed by atoms with E-state index >= 15 is 0 Å². The van der Waals surface area contributed by atoms with Crippen molar-refractivity contribution in [3.05, 3.63) is 90.0 Å². The monoisotopic (exact) mass is 454 g/mol. The van der Waals surface area contributed by atoms with Gasteiger partial charge in [0.25, 0.3) is 0 Å². The molecule has 3 rings (SSSR count). The topological polar surface area (TPSA) is 9.23 Å². The average molecular weight is 455 g/mol. The van der Waals surface area contributed by atoms with Crippen molar-refractivity contribution in [2.45, 2.75) is 37.4 Å². The zero-order valence-corrected chi connectivity index (χ0v) is 17.8. The molecule has 0 saturated carbocycles. The van der Waals surface area contributed by atoms with E-state index in [1.165, 1.54) is 36.8 Å². The number of unbranched alkanes of at least 4 members (excludes halogenated alkanes) is 3. The number of alkyl halides is 1. The second-order valence-corrected chi connectivity index (χ2v) is 6.61. The fraction of sp³-hybridized carbons (Fsp3) is 0.304. The summed E-state index contributed by atoms with van der Waals surface area (Å²) in [5.41, 5.74) is 2.75. The van der Waals surface area contributed by atoms with E-state index in [0.717, 1.165) is 24.1 Å². The zero-order chi connectivity index (χ0) is 17.6. The van der Waals surface area contributed by atoms with Crippen LogP contribution in [0.15, 0.2) is 78.9 Å². The van der Waals surface area contributed by atoms with E-state index in [2.05, 4.69) is 52.3 Å². The molecule has 0 radical (unpaired) electrons. The van der Waals surface area contributed by atoms with Gasteiger partial charge in [-0.25, -0.2) is 24.3 Å². The van der Waals surface area contributed by atoms with E-state index in [-0.39, 0.29) is 17.1 Å². The van der Waals surface area contributed by atoms with Gasteiger partial charge in [-0.15, -0.1) is 0 Å². The third kappa shape index (κ3) is 10.0. The molecule has 0 saturated heterocycles. The fourth-order valence-electron chi connectivity index (χ4n) is 2.55. The summed E-state index contributed by atoms with van der Waals surface area (Å²) in [5, 5.41) is 0.899. The summed E-state index contributed by atoms with van der Waals surface area (Å²) < 4.78 is 5.74. The first-order valence-electron chi connectivity index (χ1n) is 9.03. The maximum atomic E-state index is 5.74. The van der Waals surface area contributed by atoms with Gasteiger partial charge in [-0.2, -0.15) is 35.9 Å². The first-order chi connectivity index (χ1) is 12.4. The van der Waals surface area contributed by atoms with Gasteiger partial charge in [-0.05, 0) is 24.1 Å². The Morgan fingerprint density at radius 1 is 0.846 bits per heavy atom. The van der Waals surface area contributed by atoms with Gasteiger partial charge in [-0.3, -0.25) is 0 Å². The van der Waals surface area contributed by atoms with Crippen LogP contribution >= 0.6 is 15.9 Å². The van der Waals surface area contributed by atoms with Gasteiger partial charge in [-0.1, -0.05) is 53.7 Å². The molecular weight excluding hydrogens is 428 g/mol. The SMILES string of the molecule is BrCc1ccc(OCCCCCC[c-]2cccc2)cc1.[Fe+2].c1cc[cH-]c1. The molecule has 0 unspecified atom stereocenters. The maximum Gasteiger partial charge on any atom is 2.00 e. The first-order valence-corrected chi connectivity index (χ1v) is 10.2. The second kappa shape index (κ2) is 14.8. The van der Waals surface area contributed by atoms with E-state index in [0.29, 0.717) is 0 Å². The molecule has 0 amide bonds. The molecule has 26 heavy (non-hydrogen) atoms. The molecule has 140 valence electrons. The molecule has 0 spiro atoms. The molecule has 3 aromatic carbocycles. The van der Waals surface area contributed by atoms with Crippen molar-refractivity contribution in [1.82, 2.24) is 0 Å². The first kappa shape index (κ1) is 22.8. The van der Waals surface area contributed by atoms with E-state index < -0.39 is 0 Å². The van der Waals surface area contributed by atoms with Gasteiger partial charge in [0.2, 0.25) is 0 Å². The van der Waals surface area contributed by atoms with Crippen molar-refractivity contribution in [1.29, 1.82) is 0 Å². The Balaban J connectivity index is 0.000000486. The molecular formula is C23H27BrFeO. The second-order valence-electron chi connectivity index (χ2n) is 6.05. The van der Waals surface area contributed by atoms with Crippen LogP contribution in [0.1, 0.15) is 36.8 Å². The van der Waals surface area contributed by atoms with Crippen LogP contribution in [0.2, 0.25) is 0 Å². The Hall–Kier alpha value is -1.28. The van der Waals surface area contributed by atoms with Gasteiger partial charge >= 0.3 is 17.1 Å². The minimum Gasteiger partial charge on any atom is -0.494 e. The van der Waals surface area contributed by atoms with Crippen molar-refractivity contribution >= 4 is 15.9 Å². The summed E-state index contributed by atoms with van der Waals surface area (Å²) in [6, 6.07) is 26.9. The Morgan fingerprint density at radius 2 is 1.50 bits per heavy atom. The van der Waals surface area contributed by atoms with E-state index in [9.17, 15) is 0 Å². The smallest absolute Gasteiger partial charge is 0.494 e. The van der Waals surface area contributed by atoms with Crippen LogP contribution in [0.3, 0.4) is 0 Å². The van der Waals surface area contributed by atoms with Crippen LogP contribution in [0.25, 0.3) is 0 Å². The van der Waals surface area contributed by atoms with Gasteiger partial charge in [0.15, 0.2) is 0 Å². The van der Waals surface area contributed by atoms with Crippen LogP contribution in [-0.2, 0) is 28.8 Å². The summed E-state index contributed by atoms with van der Waals surface area (Å²) in [5.74, 6) is 0.978. The minimum atomic E-state index is 0. The molecule has 0 aliphatic rings. The molecule has 0 aliphatic heterocycles. The quantitative estimate of drug-likeness (QED) is 0.148. The normalized spacial score (nSPS) is 9.73. The summed E-state index contributed by atoms with van der Waals surface area (Å²) >= 11 is 3.44. The molecule has 0 N–H and O–H groups in total. The Labute approximate surface area is 177 Å². The third-order valence-electron chi connectivity index (χ3n) is 3.99. The summed E-state index contributed by atoms with van der Waals surface area (Å²) in [6.07, 6.45) is 6.17. The molecule has 0 heterocycles. The predicted molar refractivity (Wildman–Crippen MR) is 111 cm³/mol. The average Bonchev–Trinajstić information content (AvgIpc) is 3.38. The number of benzene rings is 1. The molecule has 0 atom stereocenters. The molecule has 0 fully saturated rings. The van der Waals surface area contributed by atoms with E-state index in [4.69, 9.17) is 4.74 Å². The molecule has 1 nitrogen and oxygen atoms in total. The number of aryl methyl sites for hydroxylation is 1. The largest absolute Gasteiger partial charge is 2.00 e. The zero-order valence-electron chi connectivity index (χ0n) is 15.1. The number of hydrogen-bond acceptors (Lipinski definition) is 1. The van der Waals surface area contributed by atoms with Crippen LogP contribution in [0.4, 0.5) is 0 Å². The van der Waals surface area contributed by atoms with Crippen molar-refractivity contribution in [2.75, 3.05) is 6.61 Å². The molecule has 0 aliphatic carbocycles. The molecule has 3 aromatic rings. The van der Waals surface area contributed by atoms with Gasteiger partial charge < -0.3 is 4.74 Å². The molecule has 3 heteroatoms. The summed E-state index contributed by atoms with van der Waals surface area (Å²) in [6.45, 7) is 0.823. The molecule has 0 bridgehead atoms. The van der Waals surface area contributed by atoms with Crippen LogP contribution in [0, 0.1) is 0 Å². The van der Waals surface area contributed by atoms with E-state index in [1.54, 1.807) is 0 Å². The Kier molecular flexibility index (Phi) is 13.0. The predicted octanol–water partition coefficient (Wildman–Crippen LogP) is 6.89. The molecule has 0 aromatic heterocycles. The number of rotatable bonds is 9. The standard InChI is InChI=1S/C18H22BrO.C5H5.Fe/c19-15-17-10-12-18(13-11-17)20-14-6-2-1-3-7-16-8-4-5-9-16;1-2-4-5-3-1;/h4-5,8-13H,1-3,6-7,14-15H2;1-5H;/q2*-1;+2. The maximum absolute atomic E-state index is 5.74. The number of hydrogen-bond donors (Lipinski definition) is 0. The summed E-state index contributed by atoms with van der Waals surface area (Å²) in [4.78, 5) is 0.